The predicted octanol–water partition coefficient (Wildman–Crippen LogP) is 1.02. The van der Waals surface area contributed by atoms with E-state index in [-0.39, 0.29) is 17.9 Å². The summed E-state index contributed by atoms with van der Waals surface area (Å²) in [6.45, 7) is 3.45. The Morgan fingerprint density at radius 3 is 2.67 bits per heavy atom. The third kappa shape index (κ3) is 2.64. The Kier molecular flexibility index (Phi) is 4.17. The Labute approximate surface area is 189 Å². The SMILES string of the molecule is CC1=N[C@@H](O)[C@@H](C[C@]2(O)c3ccccc3N3C(=O)[C@H](C)N[C@@H]32)n2c1nc1ccccc1c2=O. The highest BCUT2D eigenvalue weighted by molar-refractivity contribution is 6.02. The van der Waals surface area contributed by atoms with Crippen LogP contribution in [0.4, 0.5) is 5.69 Å². The number of carbonyl (C=O) groups is 1. The molecule has 6 rings (SSSR count). The van der Waals surface area contributed by atoms with Gasteiger partial charge in [0.25, 0.3) is 5.56 Å². The molecular formula is C24H23N5O4. The van der Waals surface area contributed by atoms with Crippen molar-refractivity contribution in [1.29, 1.82) is 0 Å². The van der Waals surface area contributed by atoms with Crippen molar-refractivity contribution in [3.05, 3.63) is 70.3 Å². The topological polar surface area (TPSA) is 120 Å². The Balaban J connectivity index is 1.53. The number of carbonyl (C=O) groups excluding carboxylic acids is 1. The van der Waals surface area contributed by atoms with E-state index in [0.29, 0.717) is 33.7 Å². The average molecular weight is 445 g/mol. The molecule has 33 heavy (non-hydrogen) atoms. The lowest BCUT2D eigenvalue weighted by Gasteiger charge is -2.37. The summed E-state index contributed by atoms with van der Waals surface area (Å²) in [6.07, 6.45) is -2.01. The lowest BCUT2D eigenvalue weighted by molar-refractivity contribution is -0.118. The lowest BCUT2D eigenvalue weighted by atomic mass is 9.85. The highest BCUT2D eigenvalue weighted by Gasteiger charge is 2.58. The van der Waals surface area contributed by atoms with Crippen LogP contribution in [-0.2, 0) is 10.4 Å². The van der Waals surface area contributed by atoms with Crippen molar-refractivity contribution in [2.45, 2.75) is 50.3 Å². The van der Waals surface area contributed by atoms with E-state index in [4.69, 9.17) is 0 Å². The van der Waals surface area contributed by atoms with E-state index >= 15 is 0 Å². The zero-order valence-electron chi connectivity index (χ0n) is 18.1. The molecule has 1 fully saturated rings. The molecule has 3 aliphatic rings. The molecule has 2 aromatic carbocycles. The van der Waals surface area contributed by atoms with Gasteiger partial charge in [-0.2, -0.15) is 0 Å². The fourth-order valence-corrected chi connectivity index (χ4v) is 5.45. The largest absolute Gasteiger partial charge is 0.381 e. The number of hydrogen-bond donors (Lipinski definition) is 3. The van der Waals surface area contributed by atoms with Gasteiger partial charge in [-0.1, -0.05) is 30.3 Å². The van der Waals surface area contributed by atoms with Gasteiger partial charge in [-0.25, -0.2) is 4.98 Å². The van der Waals surface area contributed by atoms with Crippen LogP contribution in [0.3, 0.4) is 0 Å². The summed E-state index contributed by atoms with van der Waals surface area (Å²) in [5.41, 5.74) is 0.345. The van der Waals surface area contributed by atoms with Crippen LogP contribution in [0.5, 0.6) is 0 Å². The average Bonchev–Trinajstić information content (AvgIpc) is 3.23. The minimum atomic E-state index is -1.55. The number of nitrogens with zero attached hydrogens (tertiary/aromatic N) is 4. The molecule has 5 atom stereocenters. The van der Waals surface area contributed by atoms with Crippen molar-refractivity contribution in [2.75, 3.05) is 4.90 Å². The second-order valence-electron chi connectivity index (χ2n) is 8.97. The number of aliphatic imine (C=N–C) groups is 1. The fourth-order valence-electron chi connectivity index (χ4n) is 5.45. The van der Waals surface area contributed by atoms with E-state index in [0.717, 1.165) is 0 Å². The maximum absolute atomic E-state index is 13.5. The van der Waals surface area contributed by atoms with Crippen molar-refractivity contribution in [2.24, 2.45) is 4.99 Å². The zero-order valence-corrected chi connectivity index (χ0v) is 18.1. The molecular weight excluding hydrogens is 422 g/mol. The Hall–Kier alpha value is -3.40. The van der Waals surface area contributed by atoms with Gasteiger partial charge in [-0.15, -0.1) is 0 Å². The predicted molar refractivity (Wildman–Crippen MR) is 122 cm³/mol. The molecule has 0 radical (unpaired) electrons. The molecule has 168 valence electrons. The van der Waals surface area contributed by atoms with E-state index in [1.807, 2.05) is 12.1 Å². The van der Waals surface area contributed by atoms with Crippen molar-refractivity contribution in [3.63, 3.8) is 0 Å². The van der Waals surface area contributed by atoms with Gasteiger partial charge in [0, 0.05) is 12.0 Å². The van der Waals surface area contributed by atoms with Crippen LogP contribution in [0, 0.1) is 0 Å². The number of benzene rings is 2. The monoisotopic (exact) mass is 445 g/mol. The number of aromatic nitrogens is 2. The molecule has 3 aliphatic heterocycles. The number of fused-ring (bicyclic) bond motifs is 5. The molecule has 0 unspecified atom stereocenters. The smallest absolute Gasteiger partial charge is 0.262 e. The normalized spacial score (nSPS) is 30.2. The minimum absolute atomic E-state index is 0.0386. The molecule has 9 heteroatoms. The highest BCUT2D eigenvalue weighted by Crippen LogP contribution is 2.49. The lowest BCUT2D eigenvalue weighted by Crippen LogP contribution is -2.52. The summed E-state index contributed by atoms with van der Waals surface area (Å²) < 4.78 is 1.44. The van der Waals surface area contributed by atoms with Gasteiger partial charge in [0.1, 0.15) is 11.8 Å². The third-order valence-corrected chi connectivity index (χ3v) is 7.01. The molecule has 0 spiro atoms. The van der Waals surface area contributed by atoms with E-state index in [2.05, 4.69) is 15.3 Å². The standard InChI is InChI=1S/C24H23N5O4/c1-12-19-27-16-9-5-3-7-14(16)22(32)28(19)18(20(30)25-12)11-24(33)15-8-4-6-10-17(15)29-21(31)13(2)26-23(24)29/h3-10,13,18,20,23,26,30,33H,11H2,1-2H3/t13-,18+,20-,23-,24-/m0/s1. The fraction of sp³-hybridized carbons (Fsp3) is 0.333. The number of rotatable bonds is 2. The number of hydrogen-bond acceptors (Lipinski definition) is 7. The third-order valence-electron chi connectivity index (χ3n) is 7.01. The second-order valence-corrected chi connectivity index (χ2v) is 8.97. The van der Waals surface area contributed by atoms with E-state index in [9.17, 15) is 19.8 Å². The first-order valence-corrected chi connectivity index (χ1v) is 11.0. The van der Waals surface area contributed by atoms with Crippen LogP contribution in [0.25, 0.3) is 10.9 Å². The number of aliphatic hydroxyl groups is 2. The van der Waals surface area contributed by atoms with E-state index in [1.165, 1.54) is 4.57 Å². The summed E-state index contributed by atoms with van der Waals surface area (Å²) >= 11 is 0. The van der Waals surface area contributed by atoms with Crippen molar-refractivity contribution in [1.82, 2.24) is 14.9 Å². The Morgan fingerprint density at radius 1 is 1.12 bits per heavy atom. The maximum atomic E-state index is 13.5. The number of anilines is 1. The molecule has 1 saturated heterocycles. The number of aliphatic hydroxyl groups excluding tert-OH is 1. The molecule has 4 heterocycles. The Bertz CT molecular complexity index is 1420. The number of nitrogens with one attached hydrogen (secondary N) is 1. The summed E-state index contributed by atoms with van der Waals surface area (Å²) in [6, 6.07) is 12.9. The molecule has 3 N–H and O–H groups in total. The maximum Gasteiger partial charge on any atom is 0.262 e. The number of amides is 1. The molecule has 0 bridgehead atoms. The molecule has 1 amide bonds. The second kappa shape index (κ2) is 6.80. The number of para-hydroxylation sites is 2. The molecule has 3 aromatic rings. The van der Waals surface area contributed by atoms with Crippen LogP contribution in [0.15, 0.2) is 58.3 Å². The van der Waals surface area contributed by atoms with Crippen molar-refractivity contribution < 1.29 is 15.0 Å². The van der Waals surface area contributed by atoms with E-state index < -0.39 is 30.1 Å². The summed E-state index contributed by atoms with van der Waals surface area (Å²) in [7, 11) is 0. The zero-order chi connectivity index (χ0) is 23.1. The van der Waals surface area contributed by atoms with Crippen LogP contribution >= 0.6 is 0 Å². The van der Waals surface area contributed by atoms with E-state index in [1.54, 1.807) is 55.1 Å². The van der Waals surface area contributed by atoms with Crippen LogP contribution in [0.1, 0.15) is 37.7 Å². The quantitative estimate of drug-likeness (QED) is 0.542. The molecule has 1 aromatic heterocycles. The highest BCUT2D eigenvalue weighted by atomic mass is 16.3. The summed E-state index contributed by atoms with van der Waals surface area (Å²) in [5, 5.41) is 26.6. The molecule has 9 nitrogen and oxygen atoms in total. The minimum Gasteiger partial charge on any atom is -0.381 e. The first-order chi connectivity index (χ1) is 15.8. The van der Waals surface area contributed by atoms with Crippen molar-refractivity contribution >= 4 is 28.2 Å². The first kappa shape index (κ1) is 20.2. The van der Waals surface area contributed by atoms with Gasteiger partial charge in [0.15, 0.2) is 12.1 Å². The molecule has 0 aliphatic carbocycles. The van der Waals surface area contributed by atoms with Crippen LogP contribution < -0.4 is 15.8 Å². The van der Waals surface area contributed by atoms with Gasteiger partial charge in [0.2, 0.25) is 5.91 Å². The van der Waals surface area contributed by atoms with Crippen LogP contribution in [0.2, 0.25) is 0 Å². The van der Waals surface area contributed by atoms with Gasteiger partial charge < -0.3 is 10.2 Å². The Morgan fingerprint density at radius 2 is 1.85 bits per heavy atom. The first-order valence-electron chi connectivity index (χ1n) is 11.0. The van der Waals surface area contributed by atoms with Crippen molar-refractivity contribution in [3.8, 4) is 0 Å². The summed E-state index contributed by atoms with van der Waals surface area (Å²) in [4.78, 5) is 36.9. The van der Waals surface area contributed by atoms with Crippen LogP contribution in [-0.4, -0.2) is 49.8 Å². The van der Waals surface area contributed by atoms with Gasteiger partial charge in [-0.05, 0) is 32.0 Å². The van der Waals surface area contributed by atoms with Gasteiger partial charge in [-0.3, -0.25) is 29.4 Å². The molecule has 0 saturated carbocycles. The van der Waals surface area contributed by atoms with Gasteiger partial charge in [0.05, 0.1) is 34.4 Å². The van der Waals surface area contributed by atoms with Gasteiger partial charge >= 0.3 is 0 Å². The summed E-state index contributed by atoms with van der Waals surface area (Å²) in [5.74, 6) is 0.233.